The normalized spacial score (nSPS) is 0.800. The van der Waals surface area contributed by atoms with E-state index in [1.807, 2.05) is 6.79 Å². The fraction of sp³-hybridized carbons (Fsp3) is 0. The molecule has 0 rings (SSSR count). The first-order valence-electron chi connectivity index (χ1n) is 0.289. The van der Waals surface area contributed by atoms with Gasteiger partial charge in [-0.05, 0) is 0 Å². The predicted octanol–water partition coefficient (Wildman–Crippen LogP) is -6.18. The molecule has 0 unspecified atom stereocenters. The molecule has 4 heteroatoms. The van der Waals surface area contributed by atoms with Crippen LogP contribution in [-0.4, -0.2) is 6.79 Å². The Morgan fingerprint density at radius 2 is 1.00 bits per heavy atom. The van der Waals surface area contributed by atoms with Crippen LogP contribution in [0.5, 0.6) is 0 Å². The van der Waals surface area contributed by atoms with Crippen LogP contribution in [0.4, 0.5) is 0 Å². The molecule has 0 heterocycles. The van der Waals surface area contributed by atoms with Crippen molar-refractivity contribution in [1.29, 1.82) is 0 Å². The van der Waals surface area contributed by atoms with Crippen LogP contribution in [-0.2, 0) is 21.6 Å². The van der Waals surface area contributed by atoms with E-state index in [-0.39, 0.29) is 26.2 Å². The van der Waals surface area contributed by atoms with Gasteiger partial charge in [0.25, 0.3) is 0 Å². The first kappa shape index (κ1) is 76.4. The van der Waals surface area contributed by atoms with Gasteiger partial charge >= 0.3 is 16.8 Å². The Bertz CT molecular complexity index is 9.61. The minimum absolute atomic E-state index is 0. The van der Waals surface area contributed by atoms with Gasteiger partial charge in [0.05, 0.1) is 0 Å². The summed E-state index contributed by atoms with van der Waals surface area (Å²) in [4.78, 5) is 8.00. The fourth-order valence-electron chi connectivity index (χ4n) is 0. The van der Waals surface area contributed by atoms with Crippen molar-refractivity contribution in [2.75, 3.05) is 0 Å². The Morgan fingerprint density at radius 3 is 1.00 bits per heavy atom. The molecule has 0 atom stereocenters. The maximum absolute atomic E-state index is 8.00. The van der Waals surface area contributed by atoms with Crippen molar-refractivity contribution >= 4 is 6.79 Å². The van der Waals surface area contributed by atoms with E-state index in [0.717, 1.165) is 0 Å². The zero-order valence-electron chi connectivity index (χ0n) is 2.20. The summed E-state index contributed by atoms with van der Waals surface area (Å²) in [5, 5.41) is 0. The average Bonchev–Trinajstić information content (AvgIpc) is 1.00. The van der Waals surface area contributed by atoms with E-state index in [1.165, 1.54) is 0 Å². The van der Waals surface area contributed by atoms with Crippen molar-refractivity contribution in [3.63, 3.8) is 0 Å². The molecule has 0 aliphatic carbocycles. The molecule has 1 nitrogen and oxygen atoms in total. The summed E-state index contributed by atoms with van der Waals surface area (Å²) in [7, 11) is 0. The van der Waals surface area contributed by atoms with E-state index < -0.39 is 0 Å². The van der Waals surface area contributed by atoms with Crippen molar-refractivity contribution in [2.45, 2.75) is 0 Å². The quantitative estimate of drug-likeness (QED) is 0.316. The Morgan fingerprint density at radius 1 is 1.00 bits per heavy atom. The van der Waals surface area contributed by atoms with Crippen LogP contribution in [0.15, 0.2) is 0 Å². The minimum Gasteiger partial charge on any atom is -1.00 e. The summed E-state index contributed by atoms with van der Waals surface area (Å²) in [5.74, 6) is 0. The third kappa shape index (κ3) is 12600. The monoisotopic (exact) mass is 127 g/mol. The van der Waals surface area contributed by atoms with Crippen LogP contribution in [0.25, 0.3) is 0 Å². The van der Waals surface area contributed by atoms with Gasteiger partial charge in [-0.3, -0.25) is 0 Å². The van der Waals surface area contributed by atoms with Crippen LogP contribution in [0.1, 0.15) is 0 Å². The maximum Gasteiger partial charge on any atom is 2.00 e. The molecule has 35 valence electrons. The molecule has 0 bridgehead atoms. The molecule has 0 spiro atoms. The van der Waals surface area contributed by atoms with E-state index in [4.69, 9.17) is 4.79 Å². The largest absolute Gasteiger partial charge is 2.00 e. The molecule has 0 amide bonds. The van der Waals surface area contributed by atoms with Crippen LogP contribution >= 0.6 is 0 Å². The van der Waals surface area contributed by atoms with Crippen LogP contribution < -0.4 is 9.41 Å². The molecule has 0 saturated carbocycles. The molecule has 0 fully saturated rings. The summed E-state index contributed by atoms with van der Waals surface area (Å²) in [6, 6.07) is 0. The van der Waals surface area contributed by atoms with Crippen molar-refractivity contribution in [2.24, 2.45) is 0 Å². The van der Waals surface area contributed by atoms with Gasteiger partial charge in [0.2, 0.25) is 0 Å². The number of carbonyl (C=O) groups is 1. The molecular weight excluding hydrogens is 125 g/mol. The summed E-state index contributed by atoms with van der Waals surface area (Å²) in [5.41, 5.74) is 0. The van der Waals surface area contributed by atoms with Gasteiger partial charge in [0, 0.05) is 0 Å². The molecule has 0 saturated heterocycles. The van der Waals surface area contributed by atoms with Gasteiger partial charge in [0.15, 0.2) is 0 Å². The van der Waals surface area contributed by atoms with Crippen molar-refractivity contribution < 1.29 is 31.0 Å². The topological polar surface area (TPSA) is 17.1 Å². The maximum atomic E-state index is 8.00. The molecule has 0 aliphatic heterocycles. The van der Waals surface area contributed by atoms with Gasteiger partial charge in [-0.1, -0.05) is 0 Å². The number of carbonyl (C=O) groups excluding carboxylic acids is 1. The summed E-state index contributed by atoms with van der Waals surface area (Å²) < 4.78 is 0. The Kier molecular flexibility index (Phi) is 427000. The van der Waals surface area contributed by atoms with Gasteiger partial charge in [-0.2, -0.15) is 0 Å². The van der Waals surface area contributed by atoms with E-state index in [1.54, 1.807) is 0 Å². The van der Waals surface area contributed by atoms with Gasteiger partial charge < -0.3 is 14.2 Å². The fourth-order valence-corrected chi connectivity index (χ4v) is 0. The van der Waals surface area contributed by atoms with Gasteiger partial charge in [0.1, 0.15) is 6.79 Å². The molecule has 0 aliphatic rings. The van der Waals surface area contributed by atoms with Gasteiger partial charge in [-0.25, -0.2) is 0 Å². The Balaban J connectivity index is -0.00000000167. The molecule has 0 aromatic carbocycles. The first-order valence-corrected chi connectivity index (χ1v) is 0.289. The predicted molar refractivity (Wildman–Crippen MR) is 7.12 cm³/mol. The third-order valence-electron chi connectivity index (χ3n) is 0. The zero-order valence-corrected chi connectivity index (χ0v) is 3.25. The minimum atomic E-state index is 0. The van der Waals surface area contributed by atoms with E-state index in [9.17, 15) is 0 Å². The third-order valence-corrected chi connectivity index (χ3v) is 0. The Labute approximate surface area is 38.7 Å². The Hall–Kier alpha value is 0.0365. The molecule has 1 radical (unpaired) electrons. The van der Waals surface area contributed by atoms with Crippen LogP contribution in [0.3, 0.4) is 0 Å². The standard InChI is InChI=1S/CH2O.Co.2FH/c1-2;;;/h1H2;;2*1H/q;+2;;/p-2. The molecule has 0 aromatic rings. The number of hydrogen-bond donors (Lipinski definition) is 0. The summed E-state index contributed by atoms with van der Waals surface area (Å²) >= 11 is 0. The van der Waals surface area contributed by atoms with Gasteiger partial charge in [-0.15, -0.1) is 0 Å². The van der Waals surface area contributed by atoms with Crippen molar-refractivity contribution in [1.82, 2.24) is 0 Å². The van der Waals surface area contributed by atoms with Crippen LogP contribution in [0.2, 0.25) is 0 Å². The molecule has 5 heavy (non-hydrogen) atoms. The SMILES string of the molecule is C=O.[Co+2].[F-].[F-]. The van der Waals surface area contributed by atoms with E-state index >= 15 is 0 Å². The number of hydrogen-bond acceptors (Lipinski definition) is 1. The van der Waals surface area contributed by atoms with Crippen LogP contribution in [0, 0.1) is 0 Å². The molecular formula is CH2CoF2O. The number of rotatable bonds is 0. The summed E-state index contributed by atoms with van der Waals surface area (Å²) in [6.07, 6.45) is 0. The second-order valence-corrected chi connectivity index (χ2v) is 0. The average molecular weight is 127 g/mol. The van der Waals surface area contributed by atoms with Crippen molar-refractivity contribution in [3.05, 3.63) is 0 Å². The van der Waals surface area contributed by atoms with Crippen molar-refractivity contribution in [3.8, 4) is 0 Å². The smallest absolute Gasteiger partial charge is 1.00 e. The molecule has 0 N–H and O–H groups in total. The second-order valence-electron chi connectivity index (χ2n) is 0. The first-order chi connectivity index (χ1) is 1.00. The second kappa shape index (κ2) is 27900. The van der Waals surface area contributed by atoms with E-state index in [0.29, 0.717) is 0 Å². The molecule has 0 aromatic heterocycles. The number of halogens is 2. The zero-order chi connectivity index (χ0) is 2.00. The van der Waals surface area contributed by atoms with E-state index in [2.05, 4.69) is 0 Å². The summed E-state index contributed by atoms with van der Waals surface area (Å²) in [6.45, 7) is 2.00.